The molecule has 1 aliphatic carbocycles. The van der Waals surface area contributed by atoms with Crippen LogP contribution >= 0.6 is 0 Å². The van der Waals surface area contributed by atoms with E-state index in [1.54, 1.807) is 6.20 Å². The zero-order valence-electron chi connectivity index (χ0n) is 14.2. The van der Waals surface area contributed by atoms with Gasteiger partial charge in [-0.15, -0.1) is 0 Å². The summed E-state index contributed by atoms with van der Waals surface area (Å²) < 4.78 is 0. The molecule has 2 heterocycles. The smallest absolute Gasteiger partial charge is 0.254 e. The van der Waals surface area contributed by atoms with Crippen molar-refractivity contribution in [2.45, 2.75) is 38.0 Å². The summed E-state index contributed by atoms with van der Waals surface area (Å²) in [6, 6.07) is 0. The van der Waals surface area contributed by atoms with Crippen LogP contribution in [0, 0.1) is 0 Å². The molecule has 1 aromatic heterocycles. The number of likely N-dealkylation sites (N-methyl/N-ethyl adjacent to an activating group) is 1. The molecule has 0 spiro atoms. The first-order chi connectivity index (χ1) is 11.2. The largest absolute Gasteiger partial charge is 0.351 e. The van der Waals surface area contributed by atoms with Gasteiger partial charge in [0, 0.05) is 45.2 Å². The number of nitrogens with one attached hydrogen (secondary N) is 2. The number of aromatic amines is 1. The molecular formula is C17H29N5O. The van der Waals surface area contributed by atoms with Crippen LogP contribution in [0.15, 0.2) is 6.20 Å². The van der Waals surface area contributed by atoms with E-state index in [1.807, 2.05) is 0 Å². The quantitative estimate of drug-likeness (QED) is 0.862. The van der Waals surface area contributed by atoms with Gasteiger partial charge in [0.2, 0.25) is 0 Å². The number of carbonyl (C=O) groups excluding carboxylic acids is 1. The summed E-state index contributed by atoms with van der Waals surface area (Å²) in [5, 5.41) is 10.3. The molecule has 128 valence electrons. The normalized spacial score (nSPS) is 21.4. The van der Waals surface area contributed by atoms with E-state index in [0.717, 1.165) is 44.0 Å². The van der Waals surface area contributed by atoms with Gasteiger partial charge in [0.1, 0.15) is 0 Å². The highest BCUT2D eigenvalue weighted by atomic mass is 16.1. The van der Waals surface area contributed by atoms with E-state index in [9.17, 15) is 4.79 Å². The molecule has 6 heteroatoms. The maximum absolute atomic E-state index is 12.5. The van der Waals surface area contributed by atoms with Crippen molar-refractivity contribution in [3.8, 4) is 0 Å². The Kier molecular flexibility index (Phi) is 5.67. The average molecular weight is 319 g/mol. The van der Waals surface area contributed by atoms with Gasteiger partial charge in [-0.2, -0.15) is 5.10 Å². The number of piperazine rings is 1. The summed E-state index contributed by atoms with van der Waals surface area (Å²) in [5.74, 6) is 0.498. The van der Waals surface area contributed by atoms with Gasteiger partial charge in [-0.3, -0.25) is 14.8 Å². The molecular weight excluding hydrogens is 290 g/mol. The van der Waals surface area contributed by atoms with E-state index >= 15 is 0 Å². The highest BCUT2D eigenvalue weighted by molar-refractivity contribution is 5.95. The second-order valence-electron chi connectivity index (χ2n) is 6.93. The van der Waals surface area contributed by atoms with Crippen LogP contribution in [0.1, 0.15) is 54.1 Å². The predicted octanol–water partition coefficient (Wildman–Crippen LogP) is 1.43. The van der Waals surface area contributed by atoms with Gasteiger partial charge in [0.25, 0.3) is 5.91 Å². The van der Waals surface area contributed by atoms with Crippen molar-refractivity contribution in [1.29, 1.82) is 0 Å². The summed E-state index contributed by atoms with van der Waals surface area (Å²) in [6.45, 7) is 6.04. The average Bonchev–Trinajstić information content (AvgIpc) is 3.07. The monoisotopic (exact) mass is 319 g/mol. The fourth-order valence-corrected chi connectivity index (χ4v) is 3.67. The number of aromatic nitrogens is 2. The molecule has 23 heavy (non-hydrogen) atoms. The summed E-state index contributed by atoms with van der Waals surface area (Å²) in [6.07, 6.45) is 7.86. The fraction of sp³-hybridized carbons (Fsp3) is 0.765. The van der Waals surface area contributed by atoms with Crippen molar-refractivity contribution in [3.05, 3.63) is 17.5 Å². The van der Waals surface area contributed by atoms with Gasteiger partial charge >= 0.3 is 0 Å². The number of nitrogens with zero attached hydrogens (tertiary/aromatic N) is 3. The lowest BCUT2D eigenvalue weighted by Gasteiger charge is -2.32. The topological polar surface area (TPSA) is 64.3 Å². The highest BCUT2D eigenvalue weighted by Gasteiger charge is 2.23. The first kappa shape index (κ1) is 16.5. The molecule has 1 saturated heterocycles. The van der Waals surface area contributed by atoms with Crippen LogP contribution < -0.4 is 5.32 Å². The zero-order chi connectivity index (χ0) is 16.1. The minimum absolute atomic E-state index is 0.0217. The van der Waals surface area contributed by atoms with E-state index in [-0.39, 0.29) is 5.91 Å². The van der Waals surface area contributed by atoms with Crippen LogP contribution in [0.4, 0.5) is 0 Å². The summed E-state index contributed by atoms with van der Waals surface area (Å²) in [4.78, 5) is 17.2. The number of carbonyl (C=O) groups is 1. The lowest BCUT2D eigenvalue weighted by Crippen LogP contribution is -2.46. The molecule has 0 aromatic carbocycles. The van der Waals surface area contributed by atoms with Crippen molar-refractivity contribution in [3.63, 3.8) is 0 Å². The molecule has 0 atom stereocenters. The van der Waals surface area contributed by atoms with E-state index in [1.165, 1.54) is 32.1 Å². The summed E-state index contributed by atoms with van der Waals surface area (Å²) in [5.41, 5.74) is 1.79. The zero-order valence-corrected chi connectivity index (χ0v) is 14.2. The summed E-state index contributed by atoms with van der Waals surface area (Å²) in [7, 11) is 2.16. The lowest BCUT2D eigenvalue weighted by atomic mass is 9.85. The number of H-pyrrole nitrogens is 1. The van der Waals surface area contributed by atoms with Crippen LogP contribution in [0.2, 0.25) is 0 Å². The first-order valence-corrected chi connectivity index (χ1v) is 8.96. The van der Waals surface area contributed by atoms with Crippen LogP contribution in [0.3, 0.4) is 0 Å². The molecule has 1 aromatic rings. The molecule has 1 saturated carbocycles. The Hall–Kier alpha value is -1.40. The minimum Gasteiger partial charge on any atom is -0.351 e. The molecule has 6 nitrogen and oxygen atoms in total. The van der Waals surface area contributed by atoms with E-state index < -0.39 is 0 Å². The first-order valence-electron chi connectivity index (χ1n) is 8.96. The Morgan fingerprint density at radius 3 is 2.74 bits per heavy atom. The maximum atomic E-state index is 12.5. The van der Waals surface area contributed by atoms with E-state index in [2.05, 4.69) is 32.4 Å². The number of rotatable bonds is 5. The molecule has 3 rings (SSSR count). The SMILES string of the molecule is CN1CCN(CCNC(=O)c2cn[nH]c2C2CCCCC2)CC1. The molecule has 2 aliphatic rings. The van der Waals surface area contributed by atoms with Gasteiger partial charge in [0.05, 0.1) is 17.5 Å². The molecule has 0 bridgehead atoms. The van der Waals surface area contributed by atoms with Crippen LogP contribution in [-0.4, -0.2) is 72.2 Å². The predicted molar refractivity (Wildman–Crippen MR) is 90.7 cm³/mol. The van der Waals surface area contributed by atoms with Crippen LogP contribution in [-0.2, 0) is 0 Å². The standard InChI is InChI=1S/C17H29N5O/c1-21-9-11-22(12-10-21)8-7-18-17(23)15-13-19-20-16(15)14-5-3-2-4-6-14/h13-14H,2-12H2,1H3,(H,18,23)(H,19,20). The third-order valence-electron chi connectivity index (χ3n) is 5.24. The Morgan fingerprint density at radius 2 is 2.00 bits per heavy atom. The van der Waals surface area contributed by atoms with Gasteiger partial charge < -0.3 is 10.2 Å². The Labute approximate surface area is 138 Å². The number of hydrogen-bond acceptors (Lipinski definition) is 4. The van der Waals surface area contributed by atoms with Crippen molar-refractivity contribution in [2.24, 2.45) is 0 Å². The van der Waals surface area contributed by atoms with Crippen molar-refractivity contribution < 1.29 is 4.79 Å². The summed E-state index contributed by atoms with van der Waals surface area (Å²) >= 11 is 0. The maximum Gasteiger partial charge on any atom is 0.254 e. The number of hydrogen-bond donors (Lipinski definition) is 2. The number of amides is 1. The molecule has 2 fully saturated rings. The third kappa shape index (κ3) is 4.32. The van der Waals surface area contributed by atoms with E-state index in [4.69, 9.17) is 0 Å². The minimum atomic E-state index is 0.0217. The lowest BCUT2D eigenvalue weighted by molar-refractivity contribution is 0.0939. The Bertz CT molecular complexity index is 501. The van der Waals surface area contributed by atoms with Crippen LogP contribution in [0.25, 0.3) is 0 Å². The molecule has 1 amide bonds. The van der Waals surface area contributed by atoms with Crippen molar-refractivity contribution >= 4 is 5.91 Å². The van der Waals surface area contributed by atoms with Gasteiger partial charge in [0.15, 0.2) is 0 Å². The highest BCUT2D eigenvalue weighted by Crippen LogP contribution is 2.33. The Balaban J connectivity index is 1.48. The Morgan fingerprint density at radius 1 is 1.26 bits per heavy atom. The van der Waals surface area contributed by atoms with Gasteiger partial charge in [-0.05, 0) is 19.9 Å². The molecule has 0 radical (unpaired) electrons. The van der Waals surface area contributed by atoms with Crippen molar-refractivity contribution in [1.82, 2.24) is 25.3 Å². The molecule has 0 unspecified atom stereocenters. The third-order valence-corrected chi connectivity index (χ3v) is 5.24. The van der Waals surface area contributed by atoms with Crippen LogP contribution in [0.5, 0.6) is 0 Å². The fourth-order valence-electron chi connectivity index (χ4n) is 3.67. The molecule has 1 aliphatic heterocycles. The van der Waals surface area contributed by atoms with E-state index in [0.29, 0.717) is 12.5 Å². The second-order valence-corrected chi connectivity index (χ2v) is 6.93. The van der Waals surface area contributed by atoms with Crippen molar-refractivity contribution in [2.75, 3.05) is 46.3 Å². The molecule has 2 N–H and O–H groups in total. The van der Waals surface area contributed by atoms with Gasteiger partial charge in [-0.25, -0.2) is 0 Å². The second kappa shape index (κ2) is 7.93. The van der Waals surface area contributed by atoms with Gasteiger partial charge in [-0.1, -0.05) is 19.3 Å².